The molecule has 0 radical (unpaired) electrons. The van der Waals surface area contributed by atoms with Crippen LogP contribution < -0.4 is 0 Å². The van der Waals surface area contributed by atoms with E-state index in [1.54, 1.807) is 19.2 Å². The minimum atomic E-state index is -0.0712. The Kier molecular flexibility index (Phi) is 4.13. The molecular formula is C18H17ClN4O2. The van der Waals surface area contributed by atoms with Crippen LogP contribution in [0.15, 0.2) is 35.0 Å². The number of hydrogen-bond acceptors (Lipinski definition) is 5. The second kappa shape index (κ2) is 6.44. The Bertz CT molecular complexity index is 932. The standard InChI is InChI=1S/C18H17ClN4O2/c1-11-8-16(22-25-11)18(24)23-6-4-12(5-7-23)15-3-2-13-9-14(19)10-20-17(13)21-15/h2-3,8-10,12H,4-7H2,1H3. The third-order valence-electron chi connectivity index (χ3n) is 4.58. The number of carbonyl (C=O) groups is 1. The third-order valence-corrected chi connectivity index (χ3v) is 4.78. The number of hydrogen-bond donors (Lipinski definition) is 0. The number of nitrogens with zero attached hydrogens (tertiary/aromatic N) is 4. The van der Waals surface area contributed by atoms with Crippen molar-refractivity contribution < 1.29 is 9.32 Å². The molecule has 3 aromatic rings. The average molecular weight is 357 g/mol. The van der Waals surface area contributed by atoms with Crippen LogP contribution >= 0.6 is 11.6 Å². The van der Waals surface area contributed by atoms with Crippen molar-refractivity contribution in [3.05, 3.63) is 52.6 Å². The third kappa shape index (κ3) is 3.22. The predicted octanol–water partition coefficient (Wildman–Crippen LogP) is 3.60. The summed E-state index contributed by atoms with van der Waals surface area (Å²) in [5.74, 6) is 0.897. The minimum absolute atomic E-state index is 0.0712. The number of piperidine rings is 1. The molecule has 6 nitrogen and oxygen atoms in total. The van der Waals surface area contributed by atoms with Crippen molar-refractivity contribution in [3.8, 4) is 0 Å². The van der Waals surface area contributed by atoms with E-state index in [4.69, 9.17) is 16.1 Å². The Hall–Kier alpha value is -2.47. The molecule has 0 bridgehead atoms. The van der Waals surface area contributed by atoms with Crippen LogP contribution in [0.3, 0.4) is 0 Å². The summed E-state index contributed by atoms with van der Waals surface area (Å²) < 4.78 is 4.99. The summed E-state index contributed by atoms with van der Waals surface area (Å²) in [5.41, 5.74) is 2.10. The Morgan fingerprint density at radius 1 is 1.28 bits per heavy atom. The summed E-state index contributed by atoms with van der Waals surface area (Å²) in [6, 6.07) is 7.58. The van der Waals surface area contributed by atoms with Gasteiger partial charge in [-0.05, 0) is 38.0 Å². The maximum absolute atomic E-state index is 12.4. The summed E-state index contributed by atoms with van der Waals surface area (Å²) in [7, 11) is 0. The number of pyridine rings is 2. The average Bonchev–Trinajstić information content (AvgIpc) is 3.07. The van der Waals surface area contributed by atoms with Crippen LogP contribution in [0, 0.1) is 6.92 Å². The maximum Gasteiger partial charge on any atom is 0.276 e. The SMILES string of the molecule is Cc1cc(C(=O)N2CCC(c3ccc4cc(Cl)cnc4n3)CC2)no1. The topological polar surface area (TPSA) is 72.1 Å². The van der Waals surface area contributed by atoms with Gasteiger partial charge in [0.1, 0.15) is 5.76 Å². The highest BCUT2D eigenvalue weighted by molar-refractivity contribution is 6.31. The molecule has 4 rings (SSSR count). The number of aryl methyl sites for hydroxylation is 1. The molecule has 1 aliphatic heterocycles. The smallest absolute Gasteiger partial charge is 0.276 e. The molecule has 0 aromatic carbocycles. The first-order valence-corrected chi connectivity index (χ1v) is 8.63. The number of aromatic nitrogens is 3. The van der Waals surface area contributed by atoms with Crippen molar-refractivity contribution in [2.45, 2.75) is 25.7 Å². The first-order valence-electron chi connectivity index (χ1n) is 8.25. The molecule has 0 aliphatic carbocycles. The highest BCUT2D eigenvalue weighted by atomic mass is 35.5. The molecule has 1 aliphatic rings. The van der Waals surface area contributed by atoms with Gasteiger partial charge >= 0.3 is 0 Å². The highest BCUT2D eigenvalue weighted by Crippen LogP contribution is 2.28. The van der Waals surface area contributed by atoms with E-state index in [1.807, 2.05) is 23.1 Å². The fourth-order valence-corrected chi connectivity index (χ4v) is 3.40. The van der Waals surface area contributed by atoms with Crippen molar-refractivity contribution in [2.24, 2.45) is 0 Å². The van der Waals surface area contributed by atoms with Crippen molar-refractivity contribution in [3.63, 3.8) is 0 Å². The van der Waals surface area contributed by atoms with Crippen LogP contribution in [0.5, 0.6) is 0 Å². The summed E-state index contributed by atoms with van der Waals surface area (Å²) >= 11 is 5.97. The lowest BCUT2D eigenvalue weighted by molar-refractivity contribution is 0.0701. The monoisotopic (exact) mass is 356 g/mol. The van der Waals surface area contributed by atoms with E-state index < -0.39 is 0 Å². The van der Waals surface area contributed by atoms with Crippen LogP contribution in [-0.2, 0) is 0 Å². The van der Waals surface area contributed by atoms with Gasteiger partial charge in [0.05, 0.1) is 5.02 Å². The fourth-order valence-electron chi connectivity index (χ4n) is 3.23. The molecule has 0 atom stereocenters. The molecule has 128 valence electrons. The van der Waals surface area contributed by atoms with Gasteiger partial charge < -0.3 is 9.42 Å². The van der Waals surface area contributed by atoms with E-state index in [1.165, 1.54) is 0 Å². The van der Waals surface area contributed by atoms with Gasteiger partial charge in [-0.1, -0.05) is 16.8 Å². The molecular weight excluding hydrogens is 340 g/mol. The molecule has 1 saturated heterocycles. The van der Waals surface area contributed by atoms with Gasteiger partial charge in [0, 0.05) is 42.4 Å². The molecule has 4 heterocycles. The Morgan fingerprint density at radius 2 is 2.08 bits per heavy atom. The van der Waals surface area contributed by atoms with Gasteiger partial charge in [-0.3, -0.25) is 4.79 Å². The number of amides is 1. The summed E-state index contributed by atoms with van der Waals surface area (Å²) in [5, 5.41) is 5.36. The van der Waals surface area contributed by atoms with E-state index in [0.717, 1.165) is 23.9 Å². The number of likely N-dealkylation sites (tertiary alicyclic amines) is 1. The van der Waals surface area contributed by atoms with Crippen LogP contribution in [0.2, 0.25) is 5.02 Å². The minimum Gasteiger partial charge on any atom is -0.361 e. The number of fused-ring (bicyclic) bond motifs is 1. The maximum atomic E-state index is 12.4. The number of halogens is 1. The molecule has 0 N–H and O–H groups in total. The molecule has 0 saturated carbocycles. The zero-order chi connectivity index (χ0) is 17.4. The molecule has 1 fully saturated rings. The highest BCUT2D eigenvalue weighted by Gasteiger charge is 2.27. The van der Waals surface area contributed by atoms with Crippen LogP contribution in [-0.4, -0.2) is 39.0 Å². The van der Waals surface area contributed by atoms with Gasteiger partial charge in [-0.25, -0.2) is 9.97 Å². The number of rotatable bonds is 2. The quantitative estimate of drug-likeness (QED) is 0.701. The molecule has 1 amide bonds. The lowest BCUT2D eigenvalue weighted by atomic mass is 9.92. The normalized spacial score (nSPS) is 15.7. The van der Waals surface area contributed by atoms with Crippen LogP contribution in [0.25, 0.3) is 11.0 Å². The largest absolute Gasteiger partial charge is 0.361 e. The van der Waals surface area contributed by atoms with E-state index in [9.17, 15) is 4.79 Å². The van der Waals surface area contributed by atoms with Crippen molar-refractivity contribution in [2.75, 3.05) is 13.1 Å². The summed E-state index contributed by atoms with van der Waals surface area (Å²) in [6.07, 6.45) is 3.35. The Morgan fingerprint density at radius 3 is 2.80 bits per heavy atom. The van der Waals surface area contributed by atoms with Gasteiger partial charge in [0.15, 0.2) is 11.3 Å². The Balaban J connectivity index is 1.46. The molecule has 0 unspecified atom stereocenters. The zero-order valence-electron chi connectivity index (χ0n) is 13.8. The fraction of sp³-hybridized carbons (Fsp3) is 0.333. The lowest BCUT2D eigenvalue weighted by Gasteiger charge is -2.31. The number of carbonyl (C=O) groups excluding carboxylic acids is 1. The first kappa shape index (κ1) is 16.0. The summed E-state index contributed by atoms with van der Waals surface area (Å²) in [4.78, 5) is 23.2. The second-order valence-electron chi connectivity index (χ2n) is 6.33. The summed E-state index contributed by atoms with van der Waals surface area (Å²) in [6.45, 7) is 3.15. The zero-order valence-corrected chi connectivity index (χ0v) is 14.5. The van der Waals surface area contributed by atoms with E-state index in [-0.39, 0.29) is 5.91 Å². The molecule has 25 heavy (non-hydrogen) atoms. The van der Waals surface area contributed by atoms with Gasteiger partial charge in [-0.2, -0.15) is 0 Å². The molecule has 7 heteroatoms. The van der Waals surface area contributed by atoms with Crippen LogP contribution in [0.4, 0.5) is 0 Å². The van der Waals surface area contributed by atoms with E-state index in [0.29, 0.717) is 41.1 Å². The van der Waals surface area contributed by atoms with Crippen LogP contribution in [0.1, 0.15) is 40.7 Å². The van der Waals surface area contributed by atoms with Gasteiger partial charge in [0.25, 0.3) is 5.91 Å². The first-order chi connectivity index (χ1) is 12.1. The molecule has 3 aromatic heterocycles. The predicted molar refractivity (Wildman–Crippen MR) is 93.7 cm³/mol. The van der Waals surface area contributed by atoms with Crippen molar-refractivity contribution in [1.82, 2.24) is 20.0 Å². The van der Waals surface area contributed by atoms with E-state index >= 15 is 0 Å². The van der Waals surface area contributed by atoms with Gasteiger partial charge in [-0.15, -0.1) is 0 Å². The Labute approximate surface area is 149 Å². The lowest BCUT2D eigenvalue weighted by Crippen LogP contribution is -2.38. The molecule has 0 spiro atoms. The van der Waals surface area contributed by atoms with Gasteiger partial charge in [0.2, 0.25) is 0 Å². The van der Waals surface area contributed by atoms with Crippen molar-refractivity contribution >= 4 is 28.5 Å². The van der Waals surface area contributed by atoms with E-state index in [2.05, 4.69) is 15.1 Å². The van der Waals surface area contributed by atoms with Crippen molar-refractivity contribution in [1.29, 1.82) is 0 Å². The second-order valence-corrected chi connectivity index (χ2v) is 6.76.